The predicted molar refractivity (Wildman–Crippen MR) is 37.5 cm³/mol. The van der Waals surface area contributed by atoms with Crippen LogP contribution in [-0.2, 0) is 4.79 Å². The molecule has 4 saturated carbocycles. The second-order valence-corrected chi connectivity index (χ2v) is 4.31. The van der Waals surface area contributed by atoms with Gasteiger partial charge in [-0.2, -0.15) is 0 Å². The Balaban J connectivity index is 2.05. The van der Waals surface area contributed by atoms with Crippen LogP contribution in [0.4, 0.5) is 0 Å². The van der Waals surface area contributed by atoms with Gasteiger partial charge in [-0.05, 0) is 37.0 Å². The van der Waals surface area contributed by atoms with Crippen molar-refractivity contribution in [3.8, 4) is 0 Å². The Morgan fingerprint density at radius 2 is 2.30 bits per heavy atom. The Kier molecular flexibility index (Phi) is 0.704. The Hall–Kier alpha value is -0.330. The second kappa shape index (κ2) is 1.32. The number of hydrogen-bond acceptors (Lipinski definition) is 1. The van der Waals surface area contributed by atoms with Crippen molar-refractivity contribution in [3.05, 3.63) is 0 Å². The number of rotatable bonds is 0. The van der Waals surface area contributed by atoms with Crippen molar-refractivity contribution in [3.63, 3.8) is 0 Å². The molecule has 3 atom stereocenters. The Bertz CT molecular complexity index is 205. The number of hydrogen-bond donors (Lipinski definition) is 0. The molecule has 4 aliphatic carbocycles. The summed E-state index contributed by atoms with van der Waals surface area (Å²) in [5.41, 5.74) is 0.571. The highest BCUT2D eigenvalue weighted by Gasteiger charge is 2.64. The van der Waals surface area contributed by atoms with E-state index in [0.29, 0.717) is 17.1 Å². The van der Waals surface area contributed by atoms with E-state index in [9.17, 15) is 4.79 Å². The van der Waals surface area contributed by atoms with Crippen LogP contribution in [0.2, 0.25) is 0 Å². The molecule has 3 unspecified atom stereocenters. The monoisotopic (exact) mass is 136 g/mol. The minimum Gasteiger partial charge on any atom is -0.299 e. The first-order chi connectivity index (χ1) is 4.82. The molecule has 10 heavy (non-hydrogen) atoms. The maximum Gasteiger partial charge on any atom is 0.136 e. The molecule has 1 spiro atoms. The van der Waals surface area contributed by atoms with E-state index in [4.69, 9.17) is 0 Å². The molecule has 0 N–H and O–H groups in total. The van der Waals surface area contributed by atoms with Crippen molar-refractivity contribution in [2.45, 2.75) is 32.1 Å². The molecule has 0 aromatic heterocycles. The highest BCUT2D eigenvalue weighted by Crippen LogP contribution is 2.68. The first-order valence-corrected chi connectivity index (χ1v) is 4.35. The van der Waals surface area contributed by atoms with E-state index in [-0.39, 0.29) is 0 Å². The largest absolute Gasteiger partial charge is 0.299 e. The van der Waals surface area contributed by atoms with Crippen LogP contribution in [0.5, 0.6) is 0 Å². The van der Waals surface area contributed by atoms with Crippen molar-refractivity contribution >= 4 is 5.78 Å². The van der Waals surface area contributed by atoms with E-state index >= 15 is 0 Å². The van der Waals surface area contributed by atoms with Crippen LogP contribution in [0.1, 0.15) is 32.1 Å². The Morgan fingerprint density at radius 3 is 3.00 bits per heavy atom. The highest BCUT2D eigenvalue weighted by atomic mass is 16.1. The quantitative estimate of drug-likeness (QED) is 0.496. The van der Waals surface area contributed by atoms with Crippen molar-refractivity contribution in [2.75, 3.05) is 0 Å². The fraction of sp³-hybridized carbons (Fsp3) is 0.889. The van der Waals surface area contributed by atoms with Gasteiger partial charge in [-0.3, -0.25) is 4.79 Å². The molecule has 0 aliphatic heterocycles. The Morgan fingerprint density at radius 1 is 1.40 bits per heavy atom. The van der Waals surface area contributed by atoms with E-state index in [0.717, 1.165) is 12.3 Å². The van der Waals surface area contributed by atoms with Gasteiger partial charge in [-0.15, -0.1) is 0 Å². The van der Waals surface area contributed by atoms with E-state index in [1.165, 1.54) is 25.7 Å². The number of Topliss-reactive ketones (excluding diaryl/α,β-unsaturated/α-hetero) is 1. The summed E-state index contributed by atoms with van der Waals surface area (Å²) in [5, 5.41) is 0. The van der Waals surface area contributed by atoms with Gasteiger partial charge in [0.05, 0.1) is 0 Å². The minimum absolute atomic E-state index is 0.549. The van der Waals surface area contributed by atoms with Crippen molar-refractivity contribution in [2.24, 2.45) is 17.3 Å². The molecule has 2 bridgehead atoms. The zero-order valence-electron chi connectivity index (χ0n) is 6.10. The van der Waals surface area contributed by atoms with Gasteiger partial charge in [0.1, 0.15) is 5.78 Å². The number of ketones is 1. The topological polar surface area (TPSA) is 17.1 Å². The van der Waals surface area contributed by atoms with E-state index in [1.807, 2.05) is 0 Å². The molecule has 4 fully saturated rings. The van der Waals surface area contributed by atoms with Crippen molar-refractivity contribution in [1.82, 2.24) is 0 Å². The highest BCUT2D eigenvalue weighted by molar-refractivity contribution is 5.86. The predicted octanol–water partition coefficient (Wildman–Crippen LogP) is 1.77. The first-order valence-electron chi connectivity index (χ1n) is 4.35. The molecule has 0 amide bonds. The number of carbonyl (C=O) groups excluding carboxylic acids is 1. The van der Waals surface area contributed by atoms with Gasteiger partial charge < -0.3 is 0 Å². The zero-order chi connectivity index (χ0) is 6.77. The third-order valence-corrected chi connectivity index (χ3v) is 4.03. The van der Waals surface area contributed by atoms with Gasteiger partial charge in [0, 0.05) is 12.3 Å². The minimum atomic E-state index is 0.549. The van der Waals surface area contributed by atoms with Crippen LogP contribution < -0.4 is 0 Å². The van der Waals surface area contributed by atoms with Crippen LogP contribution in [0.25, 0.3) is 0 Å². The first kappa shape index (κ1) is 5.34. The van der Waals surface area contributed by atoms with Crippen LogP contribution in [0.15, 0.2) is 0 Å². The SMILES string of the molecule is O=C1CCC23CCC(C2)C13. The molecule has 4 rings (SSSR count). The number of carbonyl (C=O) groups is 1. The molecule has 0 saturated heterocycles. The fourth-order valence-electron chi connectivity index (χ4n) is 3.62. The normalized spacial score (nSPS) is 56.6. The van der Waals surface area contributed by atoms with E-state index < -0.39 is 0 Å². The molecule has 54 valence electrons. The average molecular weight is 136 g/mol. The number of fused-ring (bicyclic) bond motifs is 1. The van der Waals surface area contributed by atoms with Gasteiger partial charge in [0.25, 0.3) is 0 Å². The summed E-state index contributed by atoms with van der Waals surface area (Å²) in [7, 11) is 0. The summed E-state index contributed by atoms with van der Waals surface area (Å²) < 4.78 is 0. The lowest BCUT2D eigenvalue weighted by molar-refractivity contribution is -0.127. The molecule has 4 aliphatic rings. The second-order valence-electron chi connectivity index (χ2n) is 4.31. The van der Waals surface area contributed by atoms with Crippen LogP contribution in [0, 0.1) is 17.3 Å². The maximum atomic E-state index is 11.3. The molecule has 1 heteroatoms. The van der Waals surface area contributed by atoms with Crippen LogP contribution in [0.3, 0.4) is 0 Å². The van der Waals surface area contributed by atoms with Crippen LogP contribution >= 0.6 is 0 Å². The molecule has 0 radical (unpaired) electrons. The summed E-state index contributed by atoms with van der Waals surface area (Å²) in [6, 6.07) is 0. The lowest BCUT2D eigenvalue weighted by Crippen LogP contribution is -2.38. The molecule has 0 aromatic rings. The third-order valence-electron chi connectivity index (χ3n) is 4.03. The Labute approximate surface area is 60.8 Å². The smallest absolute Gasteiger partial charge is 0.136 e. The van der Waals surface area contributed by atoms with Gasteiger partial charge >= 0.3 is 0 Å². The molecular weight excluding hydrogens is 124 g/mol. The van der Waals surface area contributed by atoms with Crippen LogP contribution in [-0.4, -0.2) is 5.78 Å². The standard InChI is InChI=1S/C9H12O/c10-7-2-4-9-3-1-6(5-9)8(7)9/h6,8H,1-5H2. The molecule has 1 nitrogen and oxygen atoms in total. The average Bonchev–Trinajstić information content (AvgIpc) is 2.42. The van der Waals surface area contributed by atoms with Crippen molar-refractivity contribution < 1.29 is 4.79 Å². The zero-order valence-corrected chi connectivity index (χ0v) is 6.10. The maximum absolute atomic E-state index is 11.3. The lowest BCUT2D eigenvalue weighted by atomic mass is 9.62. The summed E-state index contributed by atoms with van der Waals surface area (Å²) in [4.78, 5) is 11.3. The summed E-state index contributed by atoms with van der Waals surface area (Å²) >= 11 is 0. The van der Waals surface area contributed by atoms with Gasteiger partial charge in [-0.1, -0.05) is 0 Å². The molecule has 0 aromatic carbocycles. The lowest BCUT2D eigenvalue weighted by Gasteiger charge is -2.41. The van der Waals surface area contributed by atoms with Gasteiger partial charge in [0.2, 0.25) is 0 Å². The molecular formula is C9H12O. The fourth-order valence-corrected chi connectivity index (χ4v) is 3.62. The summed E-state index contributed by atoms with van der Waals surface area (Å²) in [6.45, 7) is 0. The van der Waals surface area contributed by atoms with E-state index in [1.54, 1.807) is 0 Å². The van der Waals surface area contributed by atoms with Gasteiger partial charge in [-0.25, -0.2) is 0 Å². The third kappa shape index (κ3) is 0.363. The van der Waals surface area contributed by atoms with Gasteiger partial charge in [0.15, 0.2) is 0 Å². The van der Waals surface area contributed by atoms with Crippen molar-refractivity contribution in [1.29, 1.82) is 0 Å². The molecule has 0 heterocycles. The summed E-state index contributed by atoms with van der Waals surface area (Å²) in [5.74, 6) is 1.97. The van der Waals surface area contributed by atoms with E-state index in [2.05, 4.69) is 0 Å². The summed E-state index contributed by atoms with van der Waals surface area (Å²) in [6.07, 6.45) is 6.25.